The molecule has 0 bridgehead atoms. The molecule has 1 aliphatic rings. The van der Waals surface area contributed by atoms with Gasteiger partial charge in [0.05, 0.1) is 7.11 Å². The number of carbonyl (C=O) groups is 1. The van der Waals surface area contributed by atoms with Crippen molar-refractivity contribution in [2.75, 3.05) is 7.11 Å². The molecule has 0 heterocycles. The zero-order valence-electron chi connectivity index (χ0n) is 8.77. The molecule has 0 spiro atoms. The van der Waals surface area contributed by atoms with Crippen molar-refractivity contribution >= 4 is 12.4 Å². The van der Waals surface area contributed by atoms with Crippen LogP contribution in [0.25, 0.3) is 6.08 Å². The maximum atomic E-state index is 10.8. The Bertz CT molecular complexity index is 389. The van der Waals surface area contributed by atoms with Gasteiger partial charge in [0.25, 0.3) is 0 Å². The average Bonchev–Trinajstić information content (AvgIpc) is 3.10. The van der Waals surface area contributed by atoms with Crippen molar-refractivity contribution in [3.63, 3.8) is 0 Å². The molecule has 0 saturated heterocycles. The first kappa shape index (κ1) is 9.97. The summed E-state index contributed by atoms with van der Waals surface area (Å²) in [6.45, 7) is 0. The third kappa shape index (κ3) is 2.46. The molecule has 15 heavy (non-hydrogen) atoms. The Morgan fingerprint density at radius 1 is 1.47 bits per heavy atom. The summed E-state index contributed by atoms with van der Waals surface area (Å²) in [4.78, 5) is 10.8. The summed E-state index contributed by atoms with van der Waals surface area (Å²) in [5.74, 6) is 1.32. The molecule has 1 aromatic carbocycles. The first-order valence-electron chi connectivity index (χ1n) is 5.14. The Kier molecular flexibility index (Phi) is 2.86. The van der Waals surface area contributed by atoms with Crippen LogP contribution >= 0.6 is 0 Å². The van der Waals surface area contributed by atoms with Crippen LogP contribution in [0.4, 0.5) is 0 Å². The lowest BCUT2D eigenvalue weighted by atomic mass is 10.1. The van der Waals surface area contributed by atoms with Crippen molar-refractivity contribution < 1.29 is 9.53 Å². The highest BCUT2D eigenvalue weighted by atomic mass is 16.5. The summed E-state index contributed by atoms with van der Waals surface area (Å²) in [5, 5.41) is 0. The Morgan fingerprint density at radius 3 is 2.87 bits per heavy atom. The molecule has 1 aliphatic carbocycles. The highest BCUT2D eigenvalue weighted by Crippen LogP contribution is 2.36. The largest absolute Gasteiger partial charge is 0.497 e. The summed E-state index contributed by atoms with van der Waals surface area (Å²) in [6, 6.07) is 7.75. The van der Waals surface area contributed by atoms with Gasteiger partial charge in [-0.1, -0.05) is 12.1 Å². The van der Waals surface area contributed by atoms with E-state index in [1.54, 1.807) is 7.11 Å². The predicted molar refractivity (Wildman–Crippen MR) is 59.8 cm³/mol. The zero-order chi connectivity index (χ0) is 10.7. The fourth-order valence-electron chi connectivity index (χ4n) is 1.59. The first-order valence-corrected chi connectivity index (χ1v) is 5.14. The van der Waals surface area contributed by atoms with Crippen LogP contribution in [0.1, 0.15) is 18.4 Å². The van der Waals surface area contributed by atoms with Gasteiger partial charge in [-0.15, -0.1) is 0 Å². The summed E-state index contributed by atoms with van der Waals surface area (Å²) < 4.78 is 5.13. The van der Waals surface area contributed by atoms with Gasteiger partial charge in [0, 0.05) is 0 Å². The average molecular weight is 202 g/mol. The molecule has 0 amide bonds. The SMILES string of the molecule is COc1cccc(/C=C(\C=O)C2CC2)c1. The predicted octanol–water partition coefficient (Wildman–Crippen LogP) is 2.69. The number of allylic oxidation sites excluding steroid dienone is 1. The van der Waals surface area contributed by atoms with Crippen LogP contribution in [-0.2, 0) is 4.79 Å². The second-order valence-corrected chi connectivity index (χ2v) is 3.81. The van der Waals surface area contributed by atoms with Crippen molar-refractivity contribution in [2.24, 2.45) is 5.92 Å². The maximum Gasteiger partial charge on any atom is 0.146 e. The first-order chi connectivity index (χ1) is 7.33. The van der Waals surface area contributed by atoms with E-state index in [1.807, 2.05) is 30.3 Å². The minimum absolute atomic E-state index is 0.494. The molecule has 2 heteroatoms. The van der Waals surface area contributed by atoms with Crippen LogP contribution in [-0.4, -0.2) is 13.4 Å². The molecular formula is C13H14O2. The number of carbonyl (C=O) groups excluding carboxylic acids is 1. The van der Waals surface area contributed by atoms with E-state index in [4.69, 9.17) is 4.74 Å². The fraction of sp³-hybridized carbons (Fsp3) is 0.308. The van der Waals surface area contributed by atoms with E-state index in [-0.39, 0.29) is 0 Å². The third-order valence-corrected chi connectivity index (χ3v) is 2.61. The van der Waals surface area contributed by atoms with E-state index in [1.165, 1.54) is 0 Å². The molecule has 0 aliphatic heterocycles. The molecular weight excluding hydrogens is 188 g/mol. The zero-order valence-corrected chi connectivity index (χ0v) is 8.77. The van der Waals surface area contributed by atoms with Crippen LogP contribution < -0.4 is 4.74 Å². The van der Waals surface area contributed by atoms with Gasteiger partial charge in [0.2, 0.25) is 0 Å². The summed E-state index contributed by atoms with van der Waals surface area (Å²) >= 11 is 0. The Morgan fingerprint density at radius 2 is 2.27 bits per heavy atom. The Labute approximate surface area is 89.6 Å². The number of ether oxygens (including phenoxy) is 1. The number of rotatable bonds is 4. The van der Waals surface area contributed by atoms with Crippen LogP contribution in [0.3, 0.4) is 0 Å². The molecule has 0 radical (unpaired) electrons. The molecule has 0 aromatic heterocycles. The number of aldehydes is 1. The van der Waals surface area contributed by atoms with Gasteiger partial charge < -0.3 is 4.74 Å². The normalized spacial score (nSPS) is 16.2. The lowest BCUT2D eigenvalue weighted by Gasteiger charge is -2.01. The fourth-order valence-corrected chi connectivity index (χ4v) is 1.59. The van der Waals surface area contributed by atoms with Crippen molar-refractivity contribution in [3.8, 4) is 5.75 Å². The number of hydrogen-bond acceptors (Lipinski definition) is 2. The third-order valence-electron chi connectivity index (χ3n) is 2.61. The van der Waals surface area contributed by atoms with Crippen LogP contribution in [0.5, 0.6) is 5.75 Å². The van der Waals surface area contributed by atoms with Crippen molar-refractivity contribution in [1.29, 1.82) is 0 Å². The number of hydrogen-bond donors (Lipinski definition) is 0. The highest BCUT2D eigenvalue weighted by molar-refractivity contribution is 5.83. The second kappa shape index (κ2) is 4.30. The monoisotopic (exact) mass is 202 g/mol. The molecule has 1 fully saturated rings. The van der Waals surface area contributed by atoms with Gasteiger partial charge >= 0.3 is 0 Å². The van der Waals surface area contributed by atoms with E-state index in [0.29, 0.717) is 5.92 Å². The Hall–Kier alpha value is -1.57. The summed E-state index contributed by atoms with van der Waals surface area (Å²) in [6.07, 6.45) is 5.22. The minimum Gasteiger partial charge on any atom is -0.497 e. The van der Waals surface area contributed by atoms with Crippen LogP contribution in [0.15, 0.2) is 29.8 Å². The molecule has 0 atom stereocenters. The van der Waals surface area contributed by atoms with Gasteiger partial charge in [-0.05, 0) is 48.1 Å². The molecule has 0 N–H and O–H groups in total. The van der Waals surface area contributed by atoms with E-state index in [0.717, 1.165) is 36.0 Å². The van der Waals surface area contributed by atoms with E-state index in [9.17, 15) is 4.79 Å². The van der Waals surface area contributed by atoms with Crippen molar-refractivity contribution in [3.05, 3.63) is 35.4 Å². The van der Waals surface area contributed by atoms with E-state index < -0.39 is 0 Å². The quantitative estimate of drug-likeness (QED) is 0.554. The molecule has 1 saturated carbocycles. The molecule has 2 rings (SSSR count). The van der Waals surface area contributed by atoms with Crippen LogP contribution in [0, 0.1) is 5.92 Å². The highest BCUT2D eigenvalue weighted by Gasteiger charge is 2.25. The molecule has 78 valence electrons. The van der Waals surface area contributed by atoms with Gasteiger partial charge in [-0.2, -0.15) is 0 Å². The number of methoxy groups -OCH3 is 1. The Balaban J connectivity index is 2.24. The van der Waals surface area contributed by atoms with Crippen molar-refractivity contribution in [2.45, 2.75) is 12.8 Å². The van der Waals surface area contributed by atoms with Gasteiger partial charge in [0.15, 0.2) is 0 Å². The topological polar surface area (TPSA) is 26.3 Å². The lowest BCUT2D eigenvalue weighted by Crippen LogP contribution is -1.88. The number of benzene rings is 1. The van der Waals surface area contributed by atoms with Crippen LogP contribution in [0.2, 0.25) is 0 Å². The summed E-state index contributed by atoms with van der Waals surface area (Å²) in [7, 11) is 1.64. The van der Waals surface area contributed by atoms with E-state index in [2.05, 4.69) is 0 Å². The molecule has 1 aromatic rings. The standard InChI is InChI=1S/C13H14O2/c1-15-13-4-2-3-10(8-13)7-12(9-14)11-5-6-11/h2-4,7-9,11H,5-6H2,1H3/b12-7+. The molecule has 0 unspecified atom stereocenters. The van der Waals surface area contributed by atoms with Gasteiger partial charge in [-0.3, -0.25) is 4.79 Å². The van der Waals surface area contributed by atoms with Gasteiger partial charge in [-0.25, -0.2) is 0 Å². The summed E-state index contributed by atoms with van der Waals surface area (Å²) in [5.41, 5.74) is 1.94. The molecule has 2 nitrogen and oxygen atoms in total. The maximum absolute atomic E-state index is 10.8. The van der Waals surface area contributed by atoms with Crippen molar-refractivity contribution in [1.82, 2.24) is 0 Å². The lowest BCUT2D eigenvalue weighted by molar-refractivity contribution is -0.105. The minimum atomic E-state index is 0.494. The van der Waals surface area contributed by atoms with E-state index >= 15 is 0 Å². The van der Waals surface area contributed by atoms with Gasteiger partial charge in [0.1, 0.15) is 12.0 Å². The second-order valence-electron chi connectivity index (χ2n) is 3.81. The smallest absolute Gasteiger partial charge is 0.146 e.